The molecule has 0 spiro atoms. The summed E-state index contributed by atoms with van der Waals surface area (Å²) in [6, 6.07) is 2.19. The zero-order valence-electron chi connectivity index (χ0n) is 20.9. The largest absolute Gasteiger partial charge is 0.508 e. The van der Waals surface area contributed by atoms with Crippen LogP contribution in [0.1, 0.15) is 37.0 Å². The summed E-state index contributed by atoms with van der Waals surface area (Å²) in [5, 5.41) is 44.3. The van der Waals surface area contributed by atoms with Crippen LogP contribution in [0.15, 0.2) is 29.0 Å². The average molecular weight is 516 g/mol. The Labute approximate surface area is 216 Å². The second-order valence-electron chi connectivity index (χ2n) is 10.5. The number of Topliss-reactive ketones (excluding diaryl/α,β-unsaturated/α-hetero) is 2. The van der Waals surface area contributed by atoms with Crippen molar-refractivity contribution in [3.63, 3.8) is 0 Å². The summed E-state index contributed by atoms with van der Waals surface area (Å²) < 4.78 is 0. The number of hydrogen-bond donors (Lipinski definition) is 5. The van der Waals surface area contributed by atoms with Crippen molar-refractivity contribution in [3.05, 3.63) is 45.7 Å². The molecule has 4 atom stereocenters. The molecule has 1 aromatic carbocycles. The summed E-state index contributed by atoms with van der Waals surface area (Å²) in [6.45, 7) is 0.847. The first kappa shape index (κ1) is 28.4. The lowest BCUT2D eigenvalue weighted by Crippen LogP contribution is -2.65. The molecule has 6 N–H and O–H groups in total. The van der Waals surface area contributed by atoms with E-state index in [2.05, 4.69) is 4.90 Å². The minimum absolute atomic E-state index is 0. The highest BCUT2D eigenvalue weighted by atomic mass is 16.3. The maximum absolute atomic E-state index is 13.8. The van der Waals surface area contributed by atoms with Gasteiger partial charge in [0.1, 0.15) is 22.8 Å². The molecule has 1 fully saturated rings. The van der Waals surface area contributed by atoms with Crippen molar-refractivity contribution >= 4 is 23.2 Å². The quantitative estimate of drug-likeness (QED) is 0.349. The number of fused-ring (bicyclic) bond motifs is 3. The van der Waals surface area contributed by atoms with Gasteiger partial charge in [-0.15, -0.1) is 0 Å². The van der Waals surface area contributed by atoms with Crippen LogP contribution in [-0.4, -0.2) is 94.1 Å². The van der Waals surface area contributed by atoms with Crippen molar-refractivity contribution in [3.8, 4) is 5.75 Å². The van der Waals surface area contributed by atoms with Gasteiger partial charge in [-0.05, 0) is 83.5 Å². The first-order valence-electron chi connectivity index (χ1n) is 12.0. The molecule has 202 valence electrons. The van der Waals surface area contributed by atoms with Crippen LogP contribution in [0.5, 0.6) is 5.75 Å². The number of nitrogens with zero attached hydrogens (tertiary/aromatic N) is 2. The van der Waals surface area contributed by atoms with Crippen LogP contribution < -0.4 is 5.73 Å². The maximum Gasteiger partial charge on any atom is 0.255 e. The van der Waals surface area contributed by atoms with Crippen LogP contribution in [-0.2, 0) is 27.2 Å². The predicted octanol–water partition coefficient (Wildman–Crippen LogP) is 1.09. The molecular weight excluding hydrogens is 478 g/mol. The van der Waals surface area contributed by atoms with Gasteiger partial charge < -0.3 is 31.1 Å². The number of aryl methyl sites for hydroxylation is 1. The van der Waals surface area contributed by atoms with Gasteiger partial charge in [0.15, 0.2) is 11.4 Å². The first-order chi connectivity index (χ1) is 16.8. The Balaban J connectivity index is 0.00000380. The van der Waals surface area contributed by atoms with Crippen molar-refractivity contribution < 1.29 is 34.8 Å². The highest BCUT2D eigenvalue weighted by Crippen LogP contribution is 2.52. The molecular formula is C27H37N3O7. The molecule has 1 aromatic rings. The second-order valence-corrected chi connectivity index (χ2v) is 10.5. The molecule has 0 aliphatic heterocycles. The molecule has 1 amide bonds. The monoisotopic (exact) mass is 515 g/mol. The Morgan fingerprint density at radius 2 is 1.78 bits per heavy atom. The summed E-state index contributed by atoms with van der Waals surface area (Å²) in [4.78, 5) is 42.5. The van der Waals surface area contributed by atoms with Gasteiger partial charge in [-0.1, -0.05) is 13.5 Å². The predicted molar refractivity (Wildman–Crippen MR) is 138 cm³/mol. The molecule has 37 heavy (non-hydrogen) atoms. The van der Waals surface area contributed by atoms with E-state index in [0.29, 0.717) is 12.8 Å². The summed E-state index contributed by atoms with van der Waals surface area (Å²) in [6.07, 6.45) is 1.93. The number of hydrogen-bond acceptors (Lipinski definition) is 9. The van der Waals surface area contributed by atoms with Crippen molar-refractivity contribution in [2.24, 2.45) is 17.6 Å². The molecule has 0 saturated heterocycles. The van der Waals surface area contributed by atoms with Gasteiger partial charge >= 0.3 is 0 Å². The summed E-state index contributed by atoms with van der Waals surface area (Å²) in [5.74, 6) is -6.40. The van der Waals surface area contributed by atoms with Crippen molar-refractivity contribution in [2.75, 3.05) is 34.7 Å². The van der Waals surface area contributed by atoms with E-state index >= 15 is 0 Å². The minimum Gasteiger partial charge on any atom is -0.508 e. The molecule has 4 rings (SSSR count). The summed E-state index contributed by atoms with van der Waals surface area (Å²) in [5.41, 5.74) is 3.55. The number of carbonyl (C=O) groups is 3. The fourth-order valence-electron chi connectivity index (χ4n) is 6.13. The van der Waals surface area contributed by atoms with E-state index in [1.54, 1.807) is 14.1 Å². The number of ketones is 2. The molecule has 3 aliphatic rings. The number of likely N-dealkylation sites (N-methyl/N-ethyl adjacent to an activating group) is 1. The molecule has 0 heterocycles. The maximum atomic E-state index is 13.8. The number of aliphatic hydroxyl groups excluding tert-OH is 2. The van der Waals surface area contributed by atoms with E-state index in [0.717, 1.165) is 24.1 Å². The Kier molecular flexibility index (Phi) is 7.61. The normalized spacial score (nSPS) is 27.2. The lowest BCUT2D eigenvalue weighted by Gasteiger charge is -2.50. The van der Waals surface area contributed by atoms with Gasteiger partial charge in [0.25, 0.3) is 5.91 Å². The number of rotatable bonds is 6. The molecule has 0 aromatic heterocycles. The fourth-order valence-corrected chi connectivity index (χ4v) is 6.13. The van der Waals surface area contributed by atoms with E-state index in [4.69, 9.17) is 5.73 Å². The van der Waals surface area contributed by atoms with Crippen LogP contribution in [0.3, 0.4) is 0 Å². The van der Waals surface area contributed by atoms with Crippen LogP contribution in [0.4, 0.5) is 0 Å². The molecule has 3 aliphatic carbocycles. The Morgan fingerprint density at radius 1 is 1.14 bits per heavy atom. The fraction of sp³-hybridized carbons (Fsp3) is 0.519. The standard InChI is InChI=1S/C26H33N3O7.CH4/c1-28(2)9-5-6-12-7-8-16(30)18-14(12)10-13-11-15-20(29(3)4)22(32)19(25(27)35)24(34)26(15,36)23(33)17(13)21(18)31;/h7-8,13,15,20,30-31,34,36H,5-6,9-11H2,1-4H3,(H2,27,35);1H4/t13-,15-,20-,26-;/m0./s1. The van der Waals surface area contributed by atoms with E-state index in [-0.39, 0.29) is 30.7 Å². The zero-order valence-corrected chi connectivity index (χ0v) is 20.9. The first-order valence-corrected chi connectivity index (χ1v) is 12.0. The zero-order chi connectivity index (χ0) is 26.7. The molecule has 0 radical (unpaired) electrons. The molecule has 0 unspecified atom stereocenters. The molecule has 1 saturated carbocycles. The van der Waals surface area contributed by atoms with E-state index in [9.17, 15) is 34.8 Å². The van der Waals surface area contributed by atoms with Gasteiger partial charge in [0.05, 0.1) is 11.6 Å². The molecule has 10 heteroatoms. The third-order valence-corrected chi connectivity index (χ3v) is 7.75. The van der Waals surface area contributed by atoms with Crippen molar-refractivity contribution in [1.29, 1.82) is 0 Å². The van der Waals surface area contributed by atoms with Crippen LogP contribution in [0.25, 0.3) is 5.76 Å². The number of primary amides is 1. The van der Waals surface area contributed by atoms with Crippen molar-refractivity contribution in [2.45, 2.75) is 44.8 Å². The topological polar surface area (TPSA) is 165 Å². The number of nitrogens with two attached hydrogens (primary N) is 1. The smallest absolute Gasteiger partial charge is 0.255 e. The highest BCUT2D eigenvalue weighted by Gasteiger charge is 2.64. The number of amides is 1. The van der Waals surface area contributed by atoms with Gasteiger partial charge in [-0.25, -0.2) is 0 Å². The lowest BCUT2D eigenvalue weighted by molar-refractivity contribution is -0.153. The summed E-state index contributed by atoms with van der Waals surface area (Å²) in [7, 11) is 7.10. The van der Waals surface area contributed by atoms with Crippen LogP contribution >= 0.6 is 0 Å². The average Bonchev–Trinajstić information content (AvgIpc) is 2.77. The lowest BCUT2D eigenvalue weighted by atomic mass is 9.57. The number of carbonyl (C=O) groups excluding carboxylic acids is 3. The number of benzene rings is 1. The molecule has 0 bridgehead atoms. The van der Waals surface area contributed by atoms with E-state index in [1.807, 2.05) is 20.2 Å². The van der Waals surface area contributed by atoms with Gasteiger partial charge in [-0.2, -0.15) is 0 Å². The van der Waals surface area contributed by atoms with Crippen molar-refractivity contribution in [1.82, 2.24) is 9.80 Å². The van der Waals surface area contributed by atoms with Gasteiger partial charge in [-0.3, -0.25) is 19.3 Å². The Hall–Kier alpha value is -3.21. The minimum atomic E-state index is -2.62. The third-order valence-electron chi connectivity index (χ3n) is 7.75. The van der Waals surface area contributed by atoms with Gasteiger partial charge in [0, 0.05) is 11.5 Å². The third kappa shape index (κ3) is 4.22. The Morgan fingerprint density at radius 3 is 2.35 bits per heavy atom. The number of phenols is 1. The molecule has 10 nitrogen and oxygen atoms in total. The summed E-state index contributed by atoms with van der Waals surface area (Å²) >= 11 is 0. The highest BCUT2D eigenvalue weighted by molar-refractivity contribution is 6.24. The number of aromatic hydroxyl groups is 1. The van der Waals surface area contributed by atoms with E-state index < -0.39 is 58.0 Å². The SMILES string of the molecule is C.CN(C)CCCc1ccc(O)c2c1C[C@H]1C[C@H]3[C@H](N(C)C)C(=O)C(C(N)=O)=C(O)[C@@]3(O)C(=O)C1=C2O. The second kappa shape index (κ2) is 9.92. The number of aliphatic hydroxyl groups is 3. The van der Waals surface area contributed by atoms with E-state index in [1.165, 1.54) is 11.0 Å². The van der Waals surface area contributed by atoms with Crippen LogP contribution in [0, 0.1) is 11.8 Å². The van der Waals surface area contributed by atoms with Crippen LogP contribution in [0.2, 0.25) is 0 Å². The Bertz CT molecular complexity index is 1220. The number of phenolic OH excluding ortho intramolecular Hbond substituents is 1. The van der Waals surface area contributed by atoms with Gasteiger partial charge in [0.2, 0.25) is 5.78 Å².